The minimum atomic E-state index is -3.92. The van der Waals surface area contributed by atoms with Crippen molar-refractivity contribution in [1.82, 2.24) is 14.5 Å². The summed E-state index contributed by atoms with van der Waals surface area (Å²) >= 11 is 0. The number of hydrogen-bond donors (Lipinski definition) is 1. The molecule has 1 aliphatic rings. The molecule has 2 aromatic carbocycles. The van der Waals surface area contributed by atoms with Crippen LogP contribution in [0.4, 0.5) is 9.18 Å². The van der Waals surface area contributed by atoms with Crippen LogP contribution in [0.2, 0.25) is 0 Å². The van der Waals surface area contributed by atoms with Gasteiger partial charge in [0, 0.05) is 38.1 Å². The van der Waals surface area contributed by atoms with Gasteiger partial charge in [0.15, 0.2) is 0 Å². The molecule has 8 heteroatoms. The van der Waals surface area contributed by atoms with E-state index in [2.05, 4.69) is 31.3 Å². The number of amides is 2. The van der Waals surface area contributed by atoms with Crippen LogP contribution in [0.3, 0.4) is 0 Å². The maximum absolute atomic E-state index is 13.9. The Morgan fingerprint density at radius 1 is 1.03 bits per heavy atom. The fourth-order valence-electron chi connectivity index (χ4n) is 3.44. The van der Waals surface area contributed by atoms with Gasteiger partial charge in [-0.3, -0.25) is 0 Å². The Balaban J connectivity index is 1.56. The molecule has 162 valence electrons. The lowest BCUT2D eigenvalue weighted by Gasteiger charge is -2.35. The molecule has 0 atom stereocenters. The van der Waals surface area contributed by atoms with Gasteiger partial charge in [-0.25, -0.2) is 17.6 Å². The molecule has 0 unspecified atom stereocenters. The SMILES string of the molecule is Cc1ccc(C(C)(C)CNC(=O)N2CCN(S(=O)(=O)c3ccccc3F)CC2)cc1. The number of piperazine rings is 1. The van der Waals surface area contributed by atoms with Gasteiger partial charge in [-0.05, 0) is 24.6 Å². The van der Waals surface area contributed by atoms with Crippen molar-refractivity contribution >= 4 is 16.1 Å². The lowest BCUT2D eigenvalue weighted by atomic mass is 9.84. The van der Waals surface area contributed by atoms with E-state index in [1.165, 1.54) is 28.1 Å². The first kappa shape index (κ1) is 22.2. The van der Waals surface area contributed by atoms with E-state index in [4.69, 9.17) is 0 Å². The Kier molecular flexibility index (Phi) is 6.47. The monoisotopic (exact) mass is 433 g/mol. The number of carbonyl (C=O) groups is 1. The van der Waals surface area contributed by atoms with Gasteiger partial charge in [-0.2, -0.15) is 4.31 Å². The fraction of sp³-hybridized carbons (Fsp3) is 0.409. The summed E-state index contributed by atoms with van der Waals surface area (Å²) in [6.45, 7) is 7.40. The molecule has 1 aliphatic heterocycles. The van der Waals surface area contributed by atoms with E-state index in [0.29, 0.717) is 6.54 Å². The summed E-state index contributed by atoms with van der Waals surface area (Å²) in [7, 11) is -3.92. The van der Waals surface area contributed by atoms with Crippen LogP contribution in [0.5, 0.6) is 0 Å². The second-order valence-corrected chi connectivity index (χ2v) is 10.1. The fourth-order valence-corrected chi connectivity index (χ4v) is 4.93. The lowest BCUT2D eigenvalue weighted by Crippen LogP contribution is -2.54. The maximum Gasteiger partial charge on any atom is 0.317 e. The molecule has 1 fully saturated rings. The van der Waals surface area contributed by atoms with Crippen LogP contribution in [0.15, 0.2) is 53.4 Å². The summed E-state index contributed by atoms with van der Waals surface area (Å²) in [5.41, 5.74) is 2.08. The van der Waals surface area contributed by atoms with Crippen LogP contribution in [0.25, 0.3) is 0 Å². The zero-order chi connectivity index (χ0) is 21.9. The van der Waals surface area contributed by atoms with Gasteiger partial charge in [0.1, 0.15) is 10.7 Å². The van der Waals surface area contributed by atoms with Crippen LogP contribution >= 0.6 is 0 Å². The van der Waals surface area contributed by atoms with Crippen molar-refractivity contribution < 1.29 is 17.6 Å². The zero-order valence-electron chi connectivity index (χ0n) is 17.6. The predicted molar refractivity (Wildman–Crippen MR) is 114 cm³/mol. The van der Waals surface area contributed by atoms with Crippen molar-refractivity contribution in [3.63, 3.8) is 0 Å². The highest BCUT2D eigenvalue weighted by Crippen LogP contribution is 2.23. The Morgan fingerprint density at radius 3 is 2.23 bits per heavy atom. The summed E-state index contributed by atoms with van der Waals surface area (Å²) in [6.07, 6.45) is 0. The minimum absolute atomic E-state index is 0.130. The Bertz CT molecular complexity index is 999. The molecule has 1 saturated heterocycles. The second-order valence-electron chi connectivity index (χ2n) is 8.23. The molecule has 0 aliphatic carbocycles. The highest BCUT2D eigenvalue weighted by molar-refractivity contribution is 7.89. The lowest BCUT2D eigenvalue weighted by molar-refractivity contribution is 0.170. The third kappa shape index (κ3) is 4.82. The van der Waals surface area contributed by atoms with Crippen molar-refractivity contribution in [3.8, 4) is 0 Å². The molecule has 1 N–H and O–H groups in total. The van der Waals surface area contributed by atoms with Gasteiger partial charge >= 0.3 is 6.03 Å². The standard InChI is InChI=1S/C22H28FN3O3S/c1-17-8-10-18(11-9-17)22(2,3)16-24-21(27)25-12-14-26(15-13-25)30(28,29)20-7-5-4-6-19(20)23/h4-11H,12-16H2,1-3H3,(H,24,27). The van der Waals surface area contributed by atoms with E-state index in [1.54, 1.807) is 4.90 Å². The third-order valence-electron chi connectivity index (χ3n) is 5.49. The smallest absolute Gasteiger partial charge is 0.317 e. The summed E-state index contributed by atoms with van der Waals surface area (Å²) < 4.78 is 40.5. The quantitative estimate of drug-likeness (QED) is 0.788. The number of carbonyl (C=O) groups excluding carboxylic acids is 1. The molecule has 0 aromatic heterocycles. The molecular weight excluding hydrogens is 405 g/mol. The number of nitrogens with one attached hydrogen (secondary N) is 1. The van der Waals surface area contributed by atoms with Gasteiger partial charge < -0.3 is 10.2 Å². The van der Waals surface area contributed by atoms with E-state index in [9.17, 15) is 17.6 Å². The number of rotatable bonds is 5. The maximum atomic E-state index is 13.9. The number of hydrogen-bond acceptors (Lipinski definition) is 3. The molecule has 30 heavy (non-hydrogen) atoms. The molecule has 3 rings (SSSR count). The largest absolute Gasteiger partial charge is 0.337 e. The van der Waals surface area contributed by atoms with Crippen LogP contribution in [0, 0.1) is 12.7 Å². The molecule has 2 aromatic rings. The molecule has 1 heterocycles. The minimum Gasteiger partial charge on any atom is -0.337 e. The van der Waals surface area contributed by atoms with E-state index < -0.39 is 15.8 Å². The van der Waals surface area contributed by atoms with Gasteiger partial charge in [0.25, 0.3) is 0 Å². The summed E-state index contributed by atoms with van der Waals surface area (Å²) in [6, 6.07) is 13.3. The predicted octanol–water partition coefficient (Wildman–Crippen LogP) is 3.13. The van der Waals surface area contributed by atoms with E-state index in [-0.39, 0.29) is 42.5 Å². The summed E-state index contributed by atoms with van der Waals surface area (Å²) in [5.74, 6) is -0.768. The molecule has 0 radical (unpaired) electrons. The number of sulfonamides is 1. The number of benzene rings is 2. The van der Waals surface area contributed by atoms with Crippen LogP contribution in [-0.4, -0.2) is 56.4 Å². The van der Waals surface area contributed by atoms with Crippen LogP contribution in [0.1, 0.15) is 25.0 Å². The number of nitrogens with zero attached hydrogens (tertiary/aromatic N) is 2. The highest BCUT2D eigenvalue weighted by Gasteiger charge is 2.32. The zero-order valence-corrected chi connectivity index (χ0v) is 18.4. The average Bonchev–Trinajstić information content (AvgIpc) is 2.72. The first-order valence-corrected chi connectivity index (χ1v) is 11.4. The molecule has 2 amide bonds. The number of aryl methyl sites for hydroxylation is 1. The summed E-state index contributed by atoms with van der Waals surface area (Å²) in [5, 5.41) is 2.96. The molecule has 0 saturated carbocycles. The molecular formula is C22H28FN3O3S. The van der Waals surface area contributed by atoms with Crippen molar-refractivity contribution in [3.05, 3.63) is 65.5 Å². The van der Waals surface area contributed by atoms with Gasteiger partial charge in [0.05, 0.1) is 0 Å². The second kappa shape index (κ2) is 8.73. The number of urea groups is 1. The van der Waals surface area contributed by atoms with Crippen molar-refractivity contribution in [1.29, 1.82) is 0 Å². The van der Waals surface area contributed by atoms with Gasteiger partial charge in [0.2, 0.25) is 10.0 Å². The van der Waals surface area contributed by atoms with Gasteiger partial charge in [-0.15, -0.1) is 0 Å². The Morgan fingerprint density at radius 2 is 1.63 bits per heavy atom. The van der Waals surface area contributed by atoms with Crippen molar-refractivity contribution in [2.45, 2.75) is 31.1 Å². The van der Waals surface area contributed by atoms with Crippen molar-refractivity contribution in [2.75, 3.05) is 32.7 Å². The van der Waals surface area contributed by atoms with Crippen LogP contribution in [-0.2, 0) is 15.4 Å². The summed E-state index contributed by atoms with van der Waals surface area (Å²) in [4.78, 5) is 13.9. The Hall–Kier alpha value is -2.45. The normalized spacial score (nSPS) is 15.8. The van der Waals surface area contributed by atoms with E-state index in [1.807, 2.05) is 19.1 Å². The molecule has 6 nitrogen and oxygen atoms in total. The third-order valence-corrected chi connectivity index (χ3v) is 7.43. The van der Waals surface area contributed by atoms with E-state index >= 15 is 0 Å². The first-order valence-electron chi connectivity index (χ1n) is 9.96. The first-order chi connectivity index (χ1) is 14.1. The number of halogens is 1. The topological polar surface area (TPSA) is 69.7 Å². The van der Waals surface area contributed by atoms with Crippen molar-refractivity contribution in [2.24, 2.45) is 0 Å². The Labute approximate surface area is 177 Å². The molecule has 0 bridgehead atoms. The van der Waals surface area contributed by atoms with E-state index in [0.717, 1.165) is 11.6 Å². The van der Waals surface area contributed by atoms with Gasteiger partial charge in [-0.1, -0.05) is 55.8 Å². The highest BCUT2D eigenvalue weighted by atomic mass is 32.2. The molecule has 0 spiro atoms. The van der Waals surface area contributed by atoms with Crippen LogP contribution < -0.4 is 5.32 Å². The average molecular weight is 434 g/mol.